The SMILES string of the molecule is CCCCCC/C=C(\CCCCC)C(=O)O. The van der Waals surface area contributed by atoms with Crippen LogP contribution >= 0.6 is 0 Å². The molecule has 0 amide bonds. The van der Waals surface area contributed by atoms with Gasteiger partial charge in [-0.05, 0) is 25.7 Å². The minimum Gasteiger partial charge on any atom is -0.478 e. The monoisotopic (exact) mass is 226 g/mol. The quantitative estimate of drug-likeness (QED) is 0.438. The second-order valence-electron chi connectivity index (χ2n) is 4.34. The number of allylic oxidation sites excluding steroid dienone is 1. The highest BCUT2D eigenvalue weighted by Crippen LogP contribution is 2.12. The molecule has 2 nitrogen and oxygen atoms in total. The lowest BCUT2D eigenvalue weighted by Crippen LogP contribution is -2.00. The minimum absolute atomic E-state index is 0.616. The first kappa shape index (κ1) is 15.2. The van der Waals surface area contributed by atoms with Gasteiger partial charge in [0, 0.05) is 5.57 Å². The number of hydrogen-bond acceptors (Lipinski definition) is 1. The average Bonchev–Trinajstić information content (AvgIpc) is 2.26. The number of rotatable bonds is 10. The van der Waals surface area contributed by atoms with Crippen LogP contribution in [0.2, 0.25) is 0 Å². The second-order valence-corrected chi connectivity index (χ2v) is 4.34. The number of unbranched alkanes of at least 4 members (excludes halogenated alkanes) is 6. The van der Waals surface area contributed by atoms with E-state index in [1.165, 1.54) is 19.3 Å². The first-order chi connectivity index (χ1) is 7.72. The summed E-state index contributed by atoms with van der Waals surface area (Å²) in [6.45, 7) is 4.32. The van der Waals surface area contributed by atoms with E-state index in [0.717, 1.165) is 38.5 Å². The van der Waals surface area contributed by atoms with Crippen molar-refractivity contribution >= 4 is 5.97 Å². The van der Waals surface area contributed by atoms with E-state index < -0.39 is 5.97 Å². The van der Waals surface area contributed by atoms with Crippen LogP contribution in [0.5, 0.6) is 0 Å². The molecule has 0 aliphatic heterocycles. The molecule has 0 unspecified atom stereocenters. The Morgan fingerprint density at radius 2 is 1.62 bits per heavy atom. The fourth-order valence-corrected chi connectivity index (χ4v) is 1.71. The van der Waals surface area contributed by atoms with Crippen molar-refractivity contribution in [1.29, 1.82) is 0 Å². The summed E-state index contributed by atoms with van der Waals surface area (Å²) in [5, 5.41) is 9.01. The van der Waals surface area contributed by atoms with Crippen LogP contribution in [0.15, 0.2) is 11.6 Å². The Balaban J connectivity index is 3.81. The van der Waals surface area contributed by atoms with Gasteiger partial charge >= 0.3 is 5.97 Å². The van der Waals surface area contributed by atoms with Crippen molar-refractivity contribution in [2.45, 2.75) is 71.6 Å². The lowest BCUT2D eigenvalue weighted by atomic mass is 10.0. The van der Waals surface area contributed by atoms with Gasteiger partial charge in [0.2, 0.25) is 0 Å². The van der Waals surface area contributed by atoms with E-state index in [9.17, 15) is 4.79 Å². The van der Waals surface area contributed by atoms with Gasteiger partial charge in [-0.2, -0.15) is 0 Å². The van der Waals surface area contributed by atoms with E-state index in [1.54, 1.807) is 0 Å². The van der Waals surface area contributed by atoms with E-state index in [2.05, 4.69) is 13.8 Å². The van der Waals surface area contributed by atoms with Gasteiger partial charge in [-0.1, -0.05) is 52.0 Å². The molecule has 0 bridgehead atoms. The lowest BCUT2D eigenvalue weighted by Gasteiger charge is -2.02. The number of aliphatic carboxylic acids is 1. The number of carboxylic acids is 1. The fraction of sp³-hybridized carbons (Fsp3) is 0.786. The van der Waals surface area contributed by atoms with Crippen molar-refractivity contribution in [2.24, 2.45) is 0 Å². The van der Waals surface area contributed by atoms with E-state index >= 15 is 0 Å². The molecule has 0 saturated carbocycles. The van der Waals surface area contributed by atoms with E-state index in [4.69, 9.17) is 5.11 Å². The van der Waals surface area contributed by atoms with Crippen LogP contribution in [0.3, 0.4) is 0 Å². The zero-order valence-corrected chi connectivity index (χ0v) is 10.8. The zero-order chi connectivity index (χ0) is 12.2. The third-order valence-corrected chi connectivity index (χ3v) is 2.77. The molecule has 0 spiro atoms. The predicted molar refractivity (Wildman–Crippen MR) is 68.6 cm³/mol. The standard InChI is InChI=1S/C14H26O2/c1-3-5-7-8-10-12-13(14(15)16)11-9-6-4-2/h12H,3-11H2,1-2H3,(H,15,16)/b13-12+. The summed E-state index contributed by atoms with van der Waals surface area (Å²) in [7, 11) is 0. The molecule has 0 aliphatic rings. The van der Waals surface area contributed by atoms with Gasteiger partial charge in [-0.25, -0.2) is 4.79 Å². The first-order valence-electron chi connectivity index (χ1n) is 6.64. The largest absolute Gasteiger partial charge is 0.478 e. The maximum absolute atomic E-state index is 10.9. The lowest BCUT2D eigenvalue weighted by molar-refractivity contribution is -0.132. The van der Waals surface area contributed by atoms with Gasteiger partial charge in [0.05, 0.1) is 0 Å². The second kappa shape index (κ2) is 10.7. The fourth-order valence-electron chi connectivity index (χ4n) is 1.71. The highest BCUT2D eigenvalue weighted by atomic mass is 16.4. The van der Waals surface area contributed by atoms with Crippen molar-refractivity contribution in [1.82, 2.24) is 0 Å². The van der Waals surface area contributed by atoms with Crippen LogP contribution in [0, 0.1) is 0 Å². The molecule has 16 heavy (non-hydrogen) atoms. The molecule has 0 aromatic rings. The molecule has 0 fully saturated rings. The Kier molecular flexibility index (Phi) is 10.2. The van der Waals surface area contributed by atoms with Crippen LogP contribution in [-0.4, -0.2) is 11.1 Å². The van der Waals surface area contributed by atoms with Crippen molar-refractivity contribution in [3.05, 3.63) is 11.6 Å². The molecule has 0 aliphatic carbocycles. The maximum Gasteiger partial charge on any atom is 0.331 e. The van der Waals surface area contributed by atoms with Crippen LogP contribution in [-0.2, 0) is 4.79 Å². The van der Waals surface area contributed by atoms with Gasteiger partial charge in [0.25, 0.3) is 0 Å². The van der Waals surface area contributed by atoms with Crippen molar-refractivity contribution in [3.63, 3.8) is 0 Å². The van der Waals surface area contributed by atoms with E-state index in [1.807, 2.05) is 6.08 Å². The first-order valence-corrected chi connectivity index (χ1v) is 6.64. The van der Waals surface area contributed by atoms with Crippen molar-refractivity contribution in [3.8, 4) is 0 Å². The minimum atomic E-state index is -0.730. The van der Waals surface area contributed by atoms with Crippen molar-refractivity contribution in [2.75, 3.05) is 0 Å². The Morgan fingerprint density at radius 1 is 1.00 bits per heavy atom. The van der Waals surface area contributed by atoms with Crippen LogP contribution in [0.4, 0.5) is 0 Å². The summed E-state index contributed by atoms with van der Waals surface area (Å²) < 4.78 is 0. The topological polar surface area (TPSA) is 37.3 Å². The molecule has 0 rings (SSSR count). The summed E-state index contributed by atoms with van der Waals surface area (Å²) in [5.41, 5.74) is 0.616. The summed E-state index contributed by atoms with van der Waals surface area (Å²) in [4.78, 5) is 10.9. The smallest absolute Gasteiger partial charge is 0.331 e. The summed E-state index contributed by atoms with van der Waals surface area (Å²) in [5.74, 6) is -0.730. The molecule has 0 heterocycles. The molecule has 0 radical (unpaired) electrons. The molecular formula is C14H26O2. The highest BCUT2D eigenvalue weighted by Gasteiger charge is 2.05. The number of hydrogen-bond donors (Lipinski definition) is 1. The molecular weight excluding hydrogens is 200 g/mol. The Hall–Kier alpha value is -0.790. The molecule has 1 N–H and O–H groups in total. The number of carbonyl (C=O) groups is 1. The van der Waals surface area contributed by atoms with Crippen LogP contribution < -0.4 is 0 Å². The highest BCUT2D eigenvalue weighted by molar-refractivity contribution is 5.86. The Bertz CT molecular complexity index is 207. The molecule has 2 heteroatoms. The van der Waals surface area contributed by atoms with Gasteiger partial charge in [0.1, 0.15) is 0 Å². The molecule has 0 atom stereocenters. The molecule has 0 saturated heterocycles. The number of carboxylic acid groups (broad SMARTS) is 1. The van der Waals surface area contributed by atoms with Crippen LogP contribution in [0.1, 0.15) is 71.6 Å². The van der Waals surface area contributed by atoms with E-state index in [0.29, 0.717) is 5.57 Å². The van der Waals surface area contributed by atoms with Gasteiger partial charge in [-0.15, -0.1) is 0 Å². The Morgan fingerprint density at radius 3 is 2.19 bits per heavy atom. The molecule has 94 valence electrons. The third-order valence-electron chi connectivity index (χ3n) is 2.77. The summed E-state index contributed by atoms with van der Waals surface area (Å²) in [6, 6.07) is 0. The Labute approximate surface area is 99.7 Å². The third kappa shape index (κ3) is 8.51. The average molecular weight is 226 g/mol. The normalized spacial score (nSPS) is 11.8. The maximum atomic E-state index is 10.9. The van der Waals surface area contributed by atoms with Crippen LogP contribution in [0.25, 0.3) is 0 Å². The van der Waals surface area contributed by atoms with Gasteiger partial charge in [-0.3, -0.25) is 0 Å². The van der Waals surface area contributed by atoms with Gasteiger partial charge in [0.15, 0.2) is 0 Å². The summed E-state index contributed by atoms with van der Waals surface area (Å²) in [6.07, 6.45) is 11.7. The predicted octanol–water partition coefficient (Wildman–Crippen LogP) is 4.55. The van der Waals surface area contributed by atoms with E-state index in [-0.39, 0.29) is 0 Å². The molecule has 0 aromatic carbocycles. The van der Waals surface area contributed by atoms with Crippen molar-refractivity contribution < 1.29 is 9.90 Å². The molecule has 0 aromatic heterocycles. The zero-order valence-electron chi connectivity index (χ0n) is 10.8. The summed E-state index contributed by atoms with van der Waals surface area (Å²) >= 11 is 0. The van der Waals surface area contributed by atoms with Gasteiger partial charge < -0.3 is 5.11 Å².